The first kappa shape index (κ1) is 16.5. The molecule has 0 aliphatic heterocycles. The summed E-state index contributed by atoms with van der Waals surface area (Å²) in [6, 6.07) is -0.130. The smallest absolute Gasteiger partial charge is 0.329 e. The number of aliphatic carboxylic acids is 1. The molecule has 0 saturated heterocycles. The lowest BCUT2D eigenvalue weighted by atomic mass is 9.82. The lowest BCUT2D eigenvalue weighted by Gasteiger charge is -2.35. The minimum atomic E-state index is -1.06. The first-order chi connectivity index (χ1) is 10.1. The zero-order valence-corrected chi connectivity index (χ0v) is 13.5. The lowest BCUT2D eigenvalue weighted by molar-refractivity contribution is -0.145. The Morgan fingerprint density at radius 2 is 1.71 bits per heavy atom. The molecule has 2 rings (SSSR count). The summed E-state index contributed by atoms with van der Waals surface area (Å²) in [6.45, 7) is 0. The molecule has 2 amide bonds. The average molecular weight is 314 g/mol. The van der Waals surface area contributed by atoms with E-state index in [1.54, 1.807) is 0 Å². The van der Waals surface area contributed by atoms with Crippen LogP contribution in [0.2, 0.25) is 0 Å². The standard InChI is InChI=1S/C15H26N2O3S/c1-21-12-7-5-11(6-8-12)16-14(20)17-15(13(18)19)9-3-2-4-10-15/h11-12H,2-10H2,1H3,(H,18,19)(H2,16,17,20). The quantitative estimate of drug-likeness (QED) is 0.745. The van der Waals surface area contributed by atoms with Crippen molar-refractivity contribution in [3.63, 3.8) is 0 Å². The van der Waals surface area contributed by atoms with E-state index in [9.17, 15) is 14.7 Å². The van der Waals surface area contributed by atoms with E-state index in [-0.39, 0.29) is 12.1 Å². The first-order valence-electron chi connectivity index (χ1n) is 7.90. The molecule has 6 heteroatoms. The van der Waals surface area contributed by atoms with Crippen molar-refractivity contribution in [1.82, 2.24) is 10.6 Å². The molecule has 2 aliphatic rings. The van der Waals surface area contributed by atoms with Gasteiger partial charge in [0.2, 0.25) is 0 Å². The molecule has 2 aliphatic carbocycles. The summed E-state index contributed by atoms with van der Waals surface area (Å²) < 4.78 is 0. The van der Waals surface area contributed by atoms with Gasteiger partial charge in [-0.3, -0.25) is 0 Å². The number of urea groups is 1. The number of thioether (sulfide) groups is 1. The van der Waals surface area contributed by atoms with E-state index in [0.717, 1.165) is 44.9 Å². The van der Waals surface area contributed by atoms with Crippen LogP contribution < -0.4 is 10.6 Å². The summed E-state index contributed by atoms with van der Waals surface area (Å²) in [6.07, 6.45) is 10.2. The van der Waals surface area contributed by atoms with Gasteiger partial charge in [-0.1, -0.05) is 19.3 Å². The second kappa shape index (κ2) is 7.38. The van der Waals surface area contributed by atoms with Crippen LogP contribution in [0, 0.1) is 0 Å². The zero-order chi connectivity index (χ0) is 15.3. The number of rotatable bonds is 4. The van der Waals surface area contributed by atoms with E-state index in [4.69, 9.17) is 0 Å². The minimum absolute atomic E-state index is 0.183. The van der Waals surface area contributed by atoms with Crippen LogP contribution in [-0.2, 0) is 4.79 Å². The van der Waals surface area contributed by atoms with Gasteiger partial charge in [-0.05, 0) is 44.8 Å². The van der Waals surface area contributed by atoms with Crippen molar-refractivity contribution in [3.05, 3.63) is 0 Å². The van der Waals surface area contributed by atoms with Gasteiger partial charge in [0.1, 0.15) is 5.54 Å². The molecule has 0 radical (unpaired) electrons. The molecule has 21 heavy (non-hydrogen) atoms. The van der Waals surface area contributed by atoms with Crippen molar-refractivity contribution in [1.29, 1.82) is 0 Å². The number of carbonyl (C=O) groups excluding carboxylic acids is 1. The van der Waals surface area contributed by atoms with Gasteiger partial charge >= 0.3 is 12.0 Å². The summed E-state index contributed by atoms with van der Waals surface area (Å²) in [4.78, 5) is 23.7. The first-order valence-corrected chi connectivity index (χ1v) is 9.19. The molecule has 0 aromatic heterocycles. The Morgan fingerprint density at radius 1 is 1.10 bits per heavy atom. The van der Waals surface area contributed by atoms with Crippen molar-refractivity contribution < 1.29 is 14.7 Å². The van der Waals surface area contributed by atoms with Gasteiger partial charge in [0.25, 0.3) is 0 Å². The fourth-order valence-corrected chi connectivity index (χ4v) is 4.17. The topological polar surface area (TPSA) is 78.4 Å². The zero-order valence-electron chi connectivity index (χ0n) is 12.7. The number of carboxylic acids is 1. The Kier molecular flexibility index (Phi) is 5.79. The molecule has 0 atom stereocenters. The summed E-state index contributed by atoms with van der Waals surface area (Å²) in [5.41, 5.74) is -1.06. The fraction of sp³-hybridized carbons (Fsp3) is 0.867. The molecule has 0 heterocycles. The molecular formula is C15H26N2O3S. The van der Waals surface area contributed by atoms with Crippen LogP contribution in [0.1, 0.15) is 57.8 Å². The van der Waals surface area contributed by atoms with Crippen molar-refractivity contribution in [2.45, 2.75) is 74.6 Å². The maximum atomic E-state index is 12.1. The van der Waals surface area contributed by atoms with Crippen LogP contribution in [-0.4, -0.2) is 40.2 Å². The van der Waals surface area contributed by atoms with Crippen molar-refractivity contribution in [3.8, 4) is 0 Å². The predicted octanol–water partition coefficient (Wildman–Crippen LogP) is 2.75. The maximum absolute atomic E-state index is 12.1. The number of nitrogens with one attached hydrogen (secondary N) is 2. The highest BCUT2D eigenvalue weighted by Crippen LogP contribution is 2.29. The number of amides is 2. The molecule has 2 saturated carbocycles. The Labute approximate surface area is 130 Å². The monoisotopic (exact) mass is 314 g/mol. The van der Waals surface area contributed by atoms with Gasteiger partial charge in [0.15, 0.2) is 0 Å². The minimum Gasteiger partial charge on any atom is -0.480 e. The average Bonchev–Trinajstić information content (AvgIpc) is 2.48. The van der Waals surface area contributed by atoms with Crippen LogP contribution in [0.5, 0.6) is 0 Å². The van der Waals surface area contributed by atoms with Crippen LogP contribution in [0.3, 0.4) is 0 Å². The van der Waals surface area contributed by atoms with Gasteiger partial charge in [0.05, 0.1) is 0 Å². The van der Waals surface area contributed by atoms with Crippen LogP contribution in [0.15, 0.2) is 0 Å². The molecule has 0 spiro atoms. The van der Waals surface area contributed by atoms with E-state index >= 15 is 0 Å². The van der Waals surface area contributed by atoms with Gasteiger partial charge in [-0.15, -0.1) is 0 Å². The van der Waals surface area contributed by atoms with Gasteiger partial charge < -0.3 is 15.7 Å². The number of hydrogen-bond donors (Lipinski definition) is 3. The highest BCUT2D eigenvalue weighted by Gasteiger charge is 2.41. The Morgan fingerprint density at radius 3 is 2.24 bits per heavy atom. The molecule has 3 N–H and O–H groups in total. The van der Waals surface area contributed by atoms with E-state index in [2.05, 4.69) is 16.9 Å². The molecule has 0 bridgehead atoms. The lowest BCUT2D eigenvalue weighted by Crippen LogP contribution is -2.59. The number of hydrogen-bond acceptors (Lipinski definition) is 3. The SMILES string of the molecule is CSC1CCC(NC(=O)NC2(C(=O)O)CCCCC2)CC1. The van der Waals surface area contributed by atoms with E-state index in [1.807, 2.05) is 11.8 Å². The molecular weight excluding hydrogens is 288 g/mol. The number of carboxylic acid groups (broad SMARTS) is 1. The van der Waals surface area contributed by atoms with Crippen LogP contribution in [0.4, 0.5) is 4.79 Å². The molecule has 0 unspecified atom stereocenters. The third-order valence-electron chi connectivity index (χ3n) is 4.81. The number of carbonyl (C=O) groups is 2. The normalized spacial score (nSPS) is 28.6. The largest absolute Gasteiger partial charge is 0.480 e. The molecule has 2 fully saturated rings. The Bertz CT molecular complexity index is 375. The third-order valence-corrected chi connectivity index (χ3v) is 5.95. The van der Waals surface area contributed by atoms with Crippen molar-refractivity contribution in [2.75, 3.05) is 6.26 Å². The van der Waals surface area contributed by atoms with E-state index in [1.165, 1.54) is 0 Å². The van der Waals surface area contributed by atoms with Gasteiger partial charge in [0, 0.05) is 11.3 Å². The van der Waals surface area contributed by atoms with E-state index in [0.29, 0.717) is 18.1 Å². The highest BCUT2D eigenvalue weighted by molar-refractivity contribution is 7.99. The molecule has 0 aromatic rings. The van der Waals surface area contributed by atoms with Crippen molar-refractivity contribution in [2.24, 2.45) is 0 Å². The summed E-state index contributed by atoms with van der Waals surface area (Å²) in [5.74, 6) is -0.900. The molecule has 120 valence electrons. The van der Waals surface area contributed by atoms with Crippen LogP contribution >= 0.6 is 11.8 Å². The second-order valence-corrected chi connectivity index (χ2v) is 7.39. The molecule has 5 nitrogen and oxygen atoms in total. The summed E-state index contributed by atoms with van der Waals surface area (Å²) in [7, 11) is 0. The predicted molar refractivity (Wildman–Crippen MR) is 84.7 cm³/mol. The fourth-order valence-electron chi connectivity index (χ4n) is 3.43. The highest BCUT2D eigenvalue weighted by atomic mass is 32.2. The summed E-state index contributed by atoms with van der Waals surface area (Å²) >= 11 is 1.89. The van der Waals surface area contributed by atoms with Gasteiger partial charge in [-0.25, -0.2) is 9.59 Å². The van der Waals surface area contributed by atoms with Gasteiger partial charge in [-0.2, -0.15) is 11.8 Å². The Hall–Kier alpha value is -0.910. The van der Waals surface area contributed by atoms with Crippen LogP contribution in [0.25, 0.3) is 0 Å². The summed E-state index contributed by atoms with van der Waals surface area (Å²) in [5, 5.41) is 15.9. The van der Waals surface area contributed by atoms with E-state index < -0.39 is 11.5 Å². The third kappa shape index (κ3) is 4.28. The Balaban J connectivity index is 1.84. The molecule has 0 aromatic carbocycles. The van der Waals surface area contributed by atoms with Crippen molar-refractivity contribution >= 4 is 23.8 Å². The maximum Gasteiger partial charge on any atom is 0.329 e. The second-order valence-electron chi connectivity index (χ2n) is 6.26.